The summed E-state index contributed by atoms with van der Waals surface area (Å²) in [4.78, 5) is 3.83. The monoisotopic (exact) mass is 382 g/mol. The third kappa shape index (κ3) is 5.83. The van der Waals surface area contributed by atoms with Gasteiger partial charge in [0, 0.05) is 15.9 Å². The van der Waals surface area contributed by atoms with E-state index in [1.165, 1.54) is 21.6 Å². The molecule has 0 atom stereocenters. The van der Waals surface area contributed by atoms with Crippen molar-refractivity contribution >= 4 is 43.2 Å². The zero-order chi connectivity index (χ0) is 12.7. The summed E-state index contributed by atoms with van der Waals surface area (Å²) in [5.74, 6) is 0. The van der Waals surface area contributed by atoms with E-state index in [2.05, 4.69) is 62.0 Å². The molecule has 1 N–H and O–H groups in total. The van der Waals surface area contributed by atoms with Gasteiger partial charge in [0.1, 0.15) is 0 Å². The van der Waals surface area contributed by atoms with Crippen molar-refractivity contribution in [3.05, 3.63) is 19.2 Å². The number of hydrogen-bond donors (Lipinski definition) is 1. The van der Waals surface area contributed by atoms with E-state index in [4.69, 9.17) is 0 Å². The molecule has 0 aromatic carbocycles. The SMILES string of the molecule is CCN(CC)CCCNCc1cc(Br)c(Br)s1. The van der Waals surface area contributed by atoms with Crippen LogP contribution in [0.25, 0.3) is 0 Å². The zero-order valence-corrected chi connectivity index (χ0v) is 14.4. The topological polar surface area (TPSA) is 15.3 Å². The van der Waals surface area contributed by atoms with Crippen LogP contribution >= 0.6 is 43.2 Å². The maximum Gasteiger partial charge on any atom is 0.0843 e. The normalized spacial score (nSPS) is 11.4. The predicted molar refractivity (Wildman–Crippen MR) is 83.8 cm³/mol. The molecule has 17 heavy (non-hydrogen) atoms. The van der Waals surface area contributed by atoms with Gasteiger partial charge in [-0.3, -0.25) is 0 Å². The van der Waals surface area contributed by atoms with E-state index in [-0.39, 0.29) is 0 Å². The summed E-state index contributed by atoms with van der Waals surface area (Å²) in [6.07, 6.45) is 1.22. The lowest BCUT2D eigenvalue weighted by Crippen LogP contribution is -2.27. The fourth-order valence-electron chi connectivity index (χ4n) is 1.66. The van der Waals surface area contributed by atoms with Gasteiger partial charge in [0.05, 0.1) is 3.79 Å². The first kappa shape index (κ1) is 15.6. The van der Waals surface area contributed by atoms with Crippen LogP contribution in [0.15, 0.2) is 14.3 Å². The Balaban J connectivity index is 2.12. The molecule has 98 valence electrons. The number of nitrogens with one attached hydrogen (secondary N) is 1. The predicted octanol–water partition coefficient (Wildman–Crippen LogP) is 4.09. The van der Waals surface area contributed by atoms with Gasteiger partial charge >= 0.3 is 0 Å². The molecule has 0 bridgehead atoms. The average molecular weight is 384 g/mol. The first-order valence-corrected chi connectivity index (χ1v) is 8.44. The van der Waals surface area contributed by atoms with Crippen molar-refractivity contribution in [2.75, 3.05) is 26.2 Å². The molecule has 0 aliphatic rings. The van der Waals surface area contributed by atoms with Gasteiger partial charge in [0.15, 0.2) is 0 Å². The number of nitrogens with zero attached hydrogens (tertiary/aromatic N) is 1. The Kier molecular flexibility index (Phi) is 7.95. The van der Waals surface area contributed by atoms with Crippen LogP contribution in [0.4, 0.5) is 0 Å². The smallest absolute Gasteiger partial charge is 0.0843 e. The fraction of sp³-hybridized carbons (Fsp3) is 0.667. The highest BCUT2D eigenvalue weighted by molar-refractivity contribution is 9.13. The van der Waals surface area contributed by atoms with Gasteiger partial charge in [-0.2, -0.15) is 0 Å². The largest absolute Gasteiger partial charge is 0.312 e. The second kappa shape index (κ2) is 8.64. The van der Waals surface area contributed by atoms with Crippen molar-refractivity contribution < 1.29 is 0 Å². The molecule has 1 rings (SSSR count). The lowest BCUT2D eigenvalue weighted by molar-refractivity contribution is 0.298. The van der Waals surface area contributed by atoms with Crippen LogP contribution in [-0.4, -0.2) is 31.1 Å². The van der Waals surface area contributed by atoms with Crippen molar-refractivity contribution in [3.8, 4) is 0 Å². The fourth-order valence-corrected chi connectivity index (χ4v) is 3.80. The first-order chi connectivity index (χ1) is 8.17. The summed E-state index contributed by atoms with van der Waals surface area (Å²) < 4.78 is 2.33. The lowest BCUT2D eigenvalue weighted by Gasteiger charge is -2.17. The van der Waals surface area contributed by atoms with Gasteiger partial charge in [0.2, 0.25) is 0 Å². The molecule has 0 saturated heterocycles. The number of rotatable bonds is 8. The Morgan fingerprint density at radius 3 is 2.53 bits per heavy atom. The molecule has 0 fully saturated rings. The molecule has 0 unspecified atom stereocenters. The molecule has 1 heterocycles. The van der Waals surface area contributed by atoms with Crippen molar-refractivity contribution in [1.82, 2.24) is 10.2 Å². The number of halogens is 2. The van der Waals surface area contributed by atoms with Crippen LogP contribution in [0.1, 0.15) is 25.1 Å². The third-order valence-corrected chi connectivity index (χ3v) is 5.97. The Hall–Kier alpha value is 0.580. The van der Waals surface area contributed by atoms with E-state index in [1.54, 1.807) is 11.3 Å². The van der Waals surface area contributed by atoms with Crippen LogP contribution in [0.2, 0.25) is 0 Å². The van der Waals surface area contributed by atoms with Crippen molar-refractivity contribution in [1.29, 1.82) is 0 Å². The van der Waals surface area contributed by atoms with Crippen molar-refractivity contribution in [3.63, 3.8) is 0 Å². The first-order valence-electron chi connectivity index (χ1n) is 6.04. The van der Waals surface area contributed by atoms with Crippen molar-refractivity contribution in [2.24, 2.45) is 0 Å². The summed E-state index contributed by atoms with van der Waals surface area (Å²) in [6.45, 7) is 9.99. The van der Waals surface area contributed by atoms with Gasteiger partial charge in [-0.25, -0.2) is 0 Å². The Morgan fingerprint density at radius 1 is 1.29 bits per heavy atom. The maximum atomic E-state index is 3.51. The van der Waals surface area contributed by atoms with Gasteiger partial charge in [-0.1, -0.05) is 13.8 Å². The highest BCUT2D eigenvalue weighted by Gasteiger charge is 2.03. The van der Waals surface area contributed by atoms with Crippen LogP contribution in [0, 0.1) is 0 Å². The van der Waals surface area contributed by atoms with Gasteiger partial charge in [0.25, 0.3) is 0 Å². The molecule has 0 aliphatic carbocycles. The third-order valence-electron chi connectivity index (χ3n) is 2.72. The van der Waals surface area contributed by atoms with Gasteiger partial charge in [-0.05, 0) is 70.5 Å². The summed E-state index contributed by atoms with van der Waals surface area (Å²) in [5, 5.41) is 3.49. The minimum absolute atomic E-state index is 0.965. The Labute approximate surface area is 125 Å². The molecular formula is C12H20Br2N2S. The number of hydrogen-bond acceptors (Lipinski definition) is 3. The summed E-state index contributed by atoms with van der Waals surface area (Å²) >= 11 is 8.80. The second-order valence-electron chi connectivity index (χ2n) is 3.89. The molecule has 1 aromatic rings. The summed E-state index contributed by atoms with van der Waals surface area (Å²) in [5.41, 5.74) is 0. The minimum Gasteiger partial charge on any atom is -0.312 e. The van der Waals surface area contributed by atoms with E-state index in [0.29, 0.717) is 0 Å². The average Bonchev–Trinajstić information content (AvgIpc) is 2.63. The highest BCUT2D eigenvalue weighted by atomic mass is 79.9. The maximum absolute atomic E-state index is 3.51. The number of thiophene rings is 1. The Bertz CT molecular complexity index is 305. The van der Waals surface area contributed by atoms with Crippen LogP contribution < -0.4 is 5.32 Å². The summed E-state index contributed by atoms with van der Waals surface area (Å²) in [7, 11) is 0. The molecule has 0 amide bonds. The van der Waals surface area contributed by atoms with Crippen LogP contribution in [0.5, 0.6) is 0 Å². The minimum atomic E-state index is 0.965. The molecule has 2 nitrogen and oxygen atoms in total. The molecule has 0 saturated carbocycles. The van der Waals surface area contributed by atoms with Gasteiger partial charge < -0.3 is 10.2 Å². The van der Waals surface area contributed by atoms with E-state index in [1.807, 2.05) is 0 Å². The summed E-state index contributed by atoms with van der Waals surface area (Å²) in [6, 6.07) is 2.17. The second-order valence-corrected chi connectivity index (χ2v) is 7.20. The molecule has 1 aromatic heterocycles. The Morgan fingerprint density at radius 2 is 2.00 bits per heavy atom. The molecule has 5 heteroatoms. The van der Waals surface area contributed by atoms with Gasteiger partial charge in [-0.15, -0.1) is 11.3 Å². The highest BCUT2D eigenvalue weighted by Crippen LogP contribution is 2.32. The van der Waals surface area contributed by atoms with Crippen molar-refractivity contribution in [2.45, 2.75) is 26.8 Å². The van der Waals surface area contributed by atoms with E-state index in [9.17, 15) is 0 Å². The van der Waals surface area contributed by atoms with Crippen LogP contribution in [-0.2, 0) is 6.54 Å². The van der Waals surface area contributed by atoms with E-state index in [0.717, 1.165) is 30.7 Å². The molecule has 0 aliphatic heterocycles. The molecular weight excluding hydrogens is 364 g/mol. The molecule has 0 radical (unpaired) electrons. The van der Waals surface area contributed by atoms with E-state index < -0.39 is 0 Å². The standard InChI is InChI=1S/C12H20Br2N2S/c1-3-16(4-2)7-5-6-15-9-10-8-11(13)12(14)17-10/h8,15H,3-7,9H2,1-2H3. The lowest BCUT2D eigenvalue weighted by atomic mass is 10.3. The quantitative estimate of drug-likeness (QED) is 0.680. The van der Waals surface area contributed by atoms with E-state index >= 15 is 0 Å². The molecule has 0 spiro atoms. The zero-order valence-electron chi connectivity index (χ0n) is 10.4. The van der Waals surface area contributed by atoms with Crippen LogP contribution in [0.3, 0.4) is 0 Å².